The lowest BCUT2D eigenvalue weighted by atomic mass is 10.1. The molecule has 1 heterocycles. The first-order valence-electron chi connectivity index (χ1n) is 6.74. The third-order valence-electron chi connectivity index (χ3n) is 2.81. The molecule has 0 amide bonds. The van der Waals surface area contributed by atoms with Gasteiger partial charge in [-0.3, -0.25) is 9.48 Å². The minimum atomic E-state index is -3.00. The molecular weight excluding hydrogens is 282 g/mol. The molecule has 0 fully saturated rings. The standard InChI is InChI=1S/C12H21N3O4S/c1-2-8-20(18,19)9-7-15-10-11(13-14-15)5-3-4-6-12(16)17/h10H,2-9H2,1H3,(H,16,17). The summed E-state index contributed by atoms with van der Waals surface area (Å²) in [4.78, 5) is 10.4. The van der Waals surface area contributed by atoms with Crippen LogP contribution in [0.25, 0.3) is 0 Å². The van der Waals surface area contributed by atoms with Crippen molar-refractivity contribution in [3.05, 3.63) is 11.9 Å². The van der Waals surface area contributed by atoms with Crippen LogP contribution in [0.5, 0.6) is 0 Å². The predicted octanol–water partition coefficient (Wildman–Crippen LogP) is 0.900. The molecular formula is C12H21N3O4S. The highest BCUT2D eigenvalue weighted by atomic mass is 32.2. The Morgan fingerprint density at radius 2 is 2.10 bits per heavy atom. The third-order valence-corrected chi connectivity index (χ3v) is 4.64. The average Bonchev–Trinajstić information content (AvgIpc) is 2.80. The Labute approximate surface area is 118 Å². The van der Waals surface area contributed by atoms with Gasteiger partial charge in [0, 0.05) is 18.4 Å². The van der Waals surface area contributed by atoms with Crippen LogP contribution in [0.3, 0.4) is 0 Å². The van der Waals surface area contributed by atoms with E-state index >= 15 is 0 Å². The number of aryl methyl sites for hydroxylation is 2. The number of carbonyl (C=O) groups is 1. The molecule has 0 radical (unpaired) electrons. The molecule has 0 aliphatic rings. The largest absolute Gasteiger partial charge is 0.481 e. The van der Waals surface area contributed by atoms with Crippen LogP contribution in [0.15, 0.2) is 6.20 Å². The van der Waals surface area contributed by atoms with Gasteiger partial charge >= 0.3 is 5.97 Å². The van der Waals surface area contributed by atoms with Gasteiger partial charge < -0.3 is 5.11 Å². The molecule has 0 bridgehead atoms. The van der Waals surface area contributed by atoms with Crippen LogP contribution < -0.4 is 0 Å². The van der Waals surface area contributed by atoms with Gasteiger partial charge in [-0.25, -0.2) is 8.42 Å². The summed E-state index contributed by atoms with van der Waals surface area (Å²) in [5.74, 6) is -0.526. The van der Waals surface area contributed by atoms with Gasteiger partial charge in [0.2, 0.25) is 0 Å². The van der Waals surface area contributed by atoms with Crippen molar-refractivity contribution in [1.82, 2.24) is 15.0 Å². The van der Waals surface area contributed by atoms with Crippen molar-refractivity contribution in [3.8, 4) is 0 Å². The fraction of sp³-hybridized carbons (Fsp3) is 0.750. The van der Waals surface area contributed by atoms with Crippen molar-refractivity contribution in [2.24, 2.45) is 0 Å². The monoisotopic (exact) mass is 303 g/mol. The molecule has 1 aromatic rings. The number of carboxylic acid groups (broad SMARTS) is 1. The molecule has 114 valence electrons. The van der Waals surface area contributed by atoms with E-state index in [0.29, 0.717) is 25.8 Å². The number of nitrogens with zero attached hydrogens (tertiary/aromatic N) is 3. The van der Waals surface area contributed by atoms with Crippen LogP contribution in [0.2, 0.25) is 0 Å². The highest BCUT2D eigenvalue weighted by Gasteiger charge is 2.10. The first-order chi connectivity index (χ1) is 9.43. The number of aliphatic carboxylic acids is 1. The van der Waals surface area contributed by atoms with Crippen molar-refractivity contribution in [1.29, 1.82) is 0 Å². The molecule has 0 aliphatic heterocycles. The second-order valence-electron chi connectivity index (χ2n) is 4.73. The Balaban J connectivity index is 2.34. The van der Waals surface area contributed by atoms with Crippen LogP contribution in [0.1, 0.15) is 38.3 Å². The molecule has 20 heavy (non-hydrogen) atoms. The van der Waals surface area contributed by atoms with E-state index in [1.54, 1.807) is 6.20 Å². The Morgan fingerprint density at radius 3 is 2.75 bits per heavy atom. The van der Waals surface area contributed by atoms with Gasteiger partial charge in [0.1, 0.15) is 0 Å². The van der Waals surface area contributed by atoms with Crippen LogP contribution in [0, 0.1) is 0 Å². The lowest BCUT2D eigenvalue weighted by Gasteiger charge is -2.01. The number of carboxylic acids is 1. The Kier molecular flexibility index (Phi) is 6.63. The molecule has 0 saturated heterocycles. The first-order valence-corrected chi connectivity index (χ1v) is 8.56. The quantitative estimate of drug-likeness (QED) is 0.644. The molecule has 0 atom stereocenters. The van der Waals surface area contributed by atoms with Gasteiger partial charge in [-0.15, -0.1) is 5.10 Å². The lowest BCUT2D eigenvalue weighted by Crippen LogP contribution is -2.16. The van der Waals surface area contributed by atoms with Crippen molar-refractivity contribution in [3.63, 3.8) is 0 Å². The summed E-state index contributed by atoms with van der Waals surface area (Å²) in [6, 6.07) is 0. The minimum Gasteiger partial charge on any atom is -0.481 e. The van der Waals surface area contributed by atoms with Crippen LogP contribution in [0.4, 0.5) is 0 Å². The maximum atomic E-state index is 11.6. The van der Waals surface area contributed by atoms with E-state index in [-0.39, 0.29) is 17.9 Å². The molecule has 0 spiro atoms. The molecule has 0 aliphatic carbocycles. The van der Waals surface area contributed by atoms with Crippen LogP contribution in [-0.2, 0) is 27.6 Å². The molecule has 0 unspecified atom stereocenters. The summed E-state index contributed by atoms with van der Waals surface area (Å²) >= 11 is 0. The molecule has 1 aromatic heterocycles. The molecule has 1 rings (SSSR count). The Hall–Kier alpha value is -1.44. The number of aromatic nitrogens is 3. The fourth-order valence-electron chi connectivity index (χ4n) is 1.79. The smallest absolute Gasteiger partial charge is 0.303 e. The van der Waals surface area contributed by atoms with Crippen molar-refractivity contribution >= 4 is 15.8 Å². The summed E-state index contributed by atoms with van der Waals surface area (Å²) in [6.45, 7) is 2.15. The molecule has 0 aromatic carbocycles. The summed E-state index contributed by atoms with van der Waals surface area (Å²) in [6.07, 6.45) is 4.50. The molecule has 8 heteroatoms. The summed E-state index contributed by atoms with van der Waals surface area (Å²) < 4.78 is 24.7. The zero-order chi connectivity index (χ0) is 15.0. The third kappa shape index (κ3) is 6.65. The van der Waals surface area contributed by atoms with Gasteiger partial charge in [-0.1, -0.05) is 12.1 Å². The number of rotatable bonds is 10. The van der Waals surface area contributed by atoms with E-state index in [1.165, 1.54) is 4.68 Å². The highest BCUT2D eigenvalue weighted by molar-refractivity contribution is 7.91. The Bertz CT molecular complexity index is 525. The zero-order valence-electron chi connectivity index (χ0n) is 11.7. The van der Waals surface area contributed by atoms with E-state index in [9.17, 15) is 13.2 Å². The van der Waals surface area contributed by atoms with Gasteiger partial charge in [-0.05, 0) is 25.7 Å². The lowest BCUT2D eigenvalue weighted by molar-refractivity contribution is -0.137. The topological polar surface area (TPSA) is 102 Å². The van der Waals surface area contributed by atoms with E-state index in [4.69, 9.17) is 5.11 Å². The van der Waals surface area contributed by atoms with E-state index in [2.05, 4.69) is 10.3 Å². The summed E-state index contributed by atoms with van der Waals surface area (Å²) in [5.41, 5.74) is 0.767. The molecule has 7 nitrogen and oxygen atoms in total. The normalized spacial score (nSPS) is 11.7. The average molecular weight is 303 g/mol. The highest BCUT2D eigenvalue weighted by Crippen LogP contribution is 2.04. The van der Waals surface area contributed by atoms with Crippen molar-refractivity contribution in [2.45, 2.75) is 45.6 Å². The molecule has 1 N–H and O–H groups in total. The fourth-order valence-corrected chi connectivity index (χ4v) is 3.08. The van der Waals surface area contributed by atoms with Gasteiger partial charge in [-0.2, -0.15) is 0 Å². The van der Waals surface area contributed by atoms with Gasteiger partial charge in [0.25, 0.3) is 0 Å². The number of unbranched alkanes of at least 4 members (excludes halogenated alkanes) is 1. The SMILES string of the molecule is CCCS(=O)(=O)CCn1cc(CCCCC(=O)O)nn1. The second kappa shape index (κ2) is 7.98. The maximum absolute atomic E-state index is 11.6. The van der Waals surface area contributed by atoms with Crippen LogP contribution >= 0.6 is 0 Å². The van der Waals surface area contributed by atoms with Gasteiger partial charge in [0.05, 0.1) is 18.0 Å². The van der Waals surface area contributed by atoms with E-state index < -0.39 is 15.8 Å². The van der Waals surface area contributed by atoms with Crippen molar-refractivity contribution in [2.75, 3.05) is 11.5 Å². The summed E-state index contributed by atoms with van der Waals surface area (Å²) in [7, 11) is -3.00. The number of hydrogen-bond acceptors (Lipinski definition) is 5. The maximum Gasteiger partial charge on any atom is 0.303 e. The van der Waals surface area contributed by atoms with E-state index in [1.807, 2.05) is 6.92 Å². The minimum absolute atomic E-state index is 0.0721. The van der Waals surface area contributed by atoms with Crippen molar-refractivity contribution < 1.29 is 18.3 Å². The predicted molar refractivity (Wildman–Crippen MR) is 74.2 cm³/mol. The zero-order valence-corrected chi connectivity index (χ0v) is 12.5. The van der Waals surface area contributed by atoms with Gasteiger partial charge in [0.15, 0.2) is 9.84 Å². The molecule has 0 saturated carbocycles. The number of sulfone groups is 1. The van der Waals surface area contributed by atoms with E-state index in [0.717, 1.165) is 12.1 Å². The van der Waals surface area contributed by atoms with Crippen LogP contribution in [-0.4, -0.2) is 46.0 Å². The summed E-state index contributed by atoms with van der Waals surface area (Å²) in [5, 5.41) is 16.3. The first kappa shape index (κ1) is 16.6. The Morgan fingerprint density at radius 1 is 1.35 bits per heavy atom. The second-order valence-corrected chi connectivity index (χ2v) is 7.03. The number of hydrogen-bond donors (Lipinski definition) is 1.